The summed E-state index contributed by atoms with van der Waals surface area (Å²) in [5.74, 6) is 6.77. The second-order valence-corrected chi connectivity index (χ2v) is 3.61. The number of anilines is 2. The third kappa shape index (κ3) is 3.32. The third-order valence-corrected chi connectivity index (χ3v) is 2.29. The zero-order valence-corrected chi connectivity index (χ0v) is 9.70. The topological polar surface area (TPSA) is 96.1 Å². The second kappa shape index (κ2) is 6.24. The lowest BCUT2D eigenvalue weighted by Gasteiger charge is -2.13. The first kappa shape index (κ1) is 12.7. The molecule has 1 heterocycles. The van der Waals surface area contributed by atoms with Crippen LogP contribution in [0.4, 0.5) is 11.6 Å². The Hall–Kier alpha value is -1.40. The Morgan fingerprint density at radius 1 is 1.44 bits per heavy atom. The summed E-state index contributed by atoms with van der Waals surface area (Å²) >= 11 is 0. The van der Waals surface area contributed by atoms with Gasteiger partial charge in [-0.2, -0.15) is 0 Å². The molecule has 0 amide bonds. The highest BCUT2D eigenvalue weighted by Gasteiger charge is 2.08. The molecule has 6 heteroatoms. The fraction of sp³-hybridized carbons (Fsp3) is 0.600. The van der Waals surface area contributed by atoms with Gasteiger partial charge in [0, 0.05) is 12.1 Å². The van der Waals surface area contributed by atoms with E-state index < -0.39 is 0 Å². The van der Waals surface area contributed by atoms with Crippen LogP contribution >= 0.6 is 0 Å². The molecule has 1 aromatic rings. The first-order valence-electron chi connectivity index (χ1n) is 5.41. The molecule has 0 fully saturated rings. The van der Waals surface area contributed by atoms with Crippen LogP contribution in [0.1, 0.15) is 25.8 Å². The molecular formula is C10H19N5O. The molecule has 0 saturated carbocycles. The number of nitrogens with one attached hydrogen (secondary N) is 2. The van der Waals surface area contributed by atoms with Gasteiger partial charge in [-0.25, -0.2) is 15.8 Å². The summed E-state index contributed by atoms with van der Waals surface area (Å²) in [7, 11) is 0. The molecule has 0 aliphatic rings. The number of hydrogen-bond acceptors (Lipinski definition) is 6. The zero-order chi connectivity index (χ0) is 12.0. The SMILES string of the molecule is CCc1c(NN)ncnc1NCCC(C)O. The first-order chi connectivity index (χ1) is 7.69. The zero-order valence-electron chi connectivity index (χ0n) is 9.70. The molecule has 90 valence electrons. The van der Waals surface area contributed by atoms with Crippen molar-refractivity contribution >= 4 is 11.6 Å². The van der Waals surface area contributed by atoms with Gasteiger partial charge in [-0.15, -0.1) is 0 Å². The molecule has 0 aliphatic carbocycles. The maximum Gasteiger partial charge on any atom is 0.148 e. The van der Waals surface area contributed by atoms with Crippen molar-refractivity contribution in [2.45, 2.75) is 32.8 Å². The van der Waals surface area contributed by atoms with Gasteiger partial charge in [0.25, 0.3) is 0 Å². The number of aromatic nitrogens is 2. The van der Waals surface area contributed by atoms with E-state index in [-0.39, 0.29) is 6.10 Å². The van der Waals surface area contributed by atoms with Gasteiger partial charge in [0.1, 0.15) is 18.0 Å². The highest BCUT2D eigenvalue weighted by Crippen LogP contribution is 2.19. The average molecular weight is 225 g/mol. The summed E-state index contributed by atoms with van der Waals surface area (Å²) in [5, 5.41) is 12.3. The summed E-state index contributed by atoms with van der Waals surface area (Å²) in [6.07, 6.45) is 2.61. The number of hydrazine groups is 1. The van der Waals surface area contributed by atoms with E-state index in [0.29, 0.717) is 18.8 Å². The summed E-state index contributed by atoms with van der Waals surface area (Å²) < 4.78 is 0. The Balaban J connectivity index is 2.71. The standard InChI is InChI=1S/C10H19N5O/c1-3-8-9(12-5-4-7(2)16)13-6-14-10(8)15-11/h6-7,16H,3-5,11H2,1-2H3,(H2,12,13,14,15). The minimum absolute atomic E-state index is 0.313. The molecule has 0 bridgehead atoms. The van der Waals surface area contributed by atoms with E-state index in [1.807, 2.05) is 6.92 Å². The number of nitrogens with two attached hydrogens (primary N) is 1. The molecule has 5 N–H and O–H groups in total. The van der Waals surface area contributed by atoms with Crippen molar-refractivity contribution in [2.24, 2.45) is 5.84 Å². The highest BCUT2D eigenvalue weighted by atomic mass is 16.3. The average Bonchev–Trinajstić information content (AvgIpc) is 2.28. The van der Waals surface area contributed by atoms with E-state index in [2.05, 4.69) is 20.7 Å². The monoisotopic (exact) mass is 225 g/mol. The van der Waals surface area contributed by atoms with Crippen LogP contribution in [0, 0.1) is 0 Å². The number of nitrogens with zero attached hydrogens (tertiary/aromatic N) is 2. The van der Waals surface area contributed by atoms with Crippen LogP contribution < -0.4 is 16.6 Å². The van der Waals surface area contributed by atoms with Gasteiger partial charge < -0.3 is 15.8 Å². The molecule has 0 aliphatic heterocycles. The van der Waals surface area contributed by atoms with E-state index in [9.17, 15) is 0 Å². The summed E-state index contributed by atoms with van der Waals surface area (Å²) in [4.78, 5) is 8.19. The van der Waals surface area contributed by atoms with Gasteiger partial charge in [-0.3, -0.25) is 0 Å². The molecule has 0 spiro atoms. The molecule has 1 aromatic heterocycles. The fourth-order valence-electron chi connectivity index (χ4n) is 1.42. The van der Waals surface area contributed by atoms with Gasteiger partial charge >= 0.3 is 0 Å². The van der Waals surface area contributed by atoms with Crippen LogP contribution in [0.2, 0.25) is 0 Å². The van der Waals surface area contributed by atoms with Gasteiger partial charge in [0.05, 0.1) is 6.10 Å². The van der Waals surface area contributed by atoms with Gasteiger partial charge in [-0.05, 0) is 19.8 Å². The van der Waals surface area contributed by atoms with E-state index in [1.54, 1.807) is 6.92 Å². The van der Waals surface area contributed by atoms with Gasteiger partial charge in [0.2, 0.25) is 0 Å². The fourth-order valence-corrected chi connectivity index (χ4v) is 1.42. The minimum Gasteiger partial charge on any atom is -0.393 e. The normalized spacial score (nSPS) is 12.2. The number of aliphatic hydroxyl groups is 1. The van der Waals surface area contributed by atoms with Crippen molar-refractivity contribution < 1.29 is 5.11 Å². The van der Waals surface area contributed by atoms with Crippen LogP contribution in [0.3, 0.4) is 0 Å². The van der Waals surface area contributed by atoms with Crippen molar-refractivity contribution in [3.05, 3.63) is 11.9 Å². The molecule has 1 unspecified atom stereocenters. The first-order valence-corrected chi connectivity index (χ1v) is 5.41. The predicted molar refractivity (Wildman–Crippen MR) is 64.0 cm³/mol. The molecule has 6 nitrogen and oxygen atoms in total. The van der Waals surface area contributed by atoms with Gasteiger partial charge in [-0.1, -0.05) is 6.92 Å². The van der Waals surface area contributed by atoms with Crippen LogP contribution in [0.5, 0.6) is 0 Å². The van der Waals surface area contributed by atoms with Crippen molar-refractivity contribution in [2.75, 3.05) is 17.3 Å². The molecular weight excluding hydrogens is 206 g/mol. The predicted octanol–water partition coefficient (Wildman–Crippen LogP) is 0.507. The molecule has 1 rings (SSSR count). The largest absolute Gasteiger partial charge is 0.393 e. The molecule has 0 saturated heterocycles. The quantitative estimate of drug-likeness (QED) is 0.416. The highest BCUT2D eigenvalue weighted by molar-refractivity contribution is 5.56. The summed E-state index contributed by atoms with van der Waals surface area (Å²) in [5.41, 5.74) is 3.50. The Morgan fingerprint density at radius 3 is 2.69 bits per heavy atom. The van der Waals surface area contributed by atoms with E-state index in [1.165, 1.54) is 6.33 Å². The van der Waals surface area contributed by atoms with Crippen LogP contribution in [-0.2, 0) is 6.42 Å². The van der Waals surface area contributed by atoms with Crippen molar-refractivity contribution in [1.82, 2.24) is 9.97 Å². The van der Waals surface area contributed by atoms with Crippen LogP contribution in [0.15, 0.2) is 6.33 Å². The third-order valence-electron chi connectivity index (χ3n) is 2.29. The van der Waals surface area contributed by atoms with Crippen molar-refractivity contribution in [3.8, 4) is 0 Å². The van der Waals surface area contributed by atoms with Crippen LogP contribution in [-0.4, -0.2) is 27.7 Å². The number of aliphatic hydroxyl groups excluding tert-OH is 1. The summed E-state index contributed by atoms with van der Waals surface area (Å²) in [6, 6.07) is 0. The Labute approximate surface area is 95.3 Å². The second-order valence-electron chi connectivity index (χ2n) is 3.61. The minimum atomic E-state index is -0.313. The Kier molecular flexibility index (Phi) is 4.94. The van der Waals surface area contributed by atoms with Crippen molar-refractivity contribution in [1.29, 1.82) is 0 Å². The lowest BCUT2D eigenvalue weighted by atomic mass is 10.2. The van der Waals surface area contributed by atoms with Gasteiger partial charge in [0.15, 0.2) is 0 Å². The number of nitrogen functional groups attached to an aromatic ring is 1. The summed E-state index contributed by atoms with van der Waals surface area (Å²) in [6.45, 7) is 4.44. The Bertz CT molecular complexity index is 329. The molecule has 0 aromatic carbocycles. The maximum atomic E-state index is 9.15. The van der Waals surface area contributed by atoms with E-state index >= 15 is 0 Å². The lowest BCUT2D eigenvalue weighted by Crippen LogP contribution is -2.15. The molecule has 0 radical (unpaired) electrons. The lowest BCUT2D eigenvalue weighted by molar-refractivity contribution is 0.188. The molecule has 1 atom stereocenters. The van der Waals surface area contributed by atoms with Crippen LogP contribution in [0.25, 0.3) is 0 Å². The van der Waals surface area contributed by atoms with Crippen molar-refractivity contribution in [3.63, 3.8) is 0 Å². The van der Waals surface area contributed by atoms with E-state index in [0.717, 1.165) is 17.8 Å². The maximum absolute atomic E-state index is 9.15. The smallest absolute Gasteiger partial charge is 0.148 e. The molecule has 16 heavy (non-hydrogen) atoms. The number of hydrogen-bond donors (Lipinski definition) is 4. The Morgan fingerprint density at radius 2 is 2.12 bits per heavy atom. The number of rotatable bonds is 6. The van der Waals surface area contributed by atoms with E-state index in [4.69, 9.17) is 10.9 Å².